The van der Waals surface area contributed by atoms with E-state index in [9.17, 15) is 4.79 Å². The molecule has 0 aliphatic rings. The molecule has 0 aromatic heterocycles. The Labute approximate surface area is 430 Å². The first-order chi connectivity index (χ1) is 33.0. The number of hydrogen-bond donors (Lipinski definition) is 0. The lowest BCUT2D eigenvalue weighted by Gasteiger charge is -2.29. The molecule has 16 nitrogen and oxygen atoms in total. The van der Waals surface area contributed by atoms with Gasteiger partial charge in [0.15, 0.2) is 17.9 Å². The smallest absolute Gasteiger partial charge is 0.248 e. The number of para-hydroxylation sites is 2. The number of carbonyl (C=O) groups is 1. The lowest BCUT2D eigenvalue weighted by Crippen LogP contribution is -2.40. The summed E-state index contributed by atoms with van der Waals surface area (Å²) in [4.78, 5) is 53.7. The maximum Gasteiger partial charge on any atom is 0.248 e. The van der Waals surface area contributed by atoms with Crippen molar-refractivity contribution in [3.05, 3.63) is 60.7 Å². The van der Waals surface area contributed by atoms with Crippen molar-refractivity contribution in [2.45, 2.75) is 92.4 Å². The Hall–Kier alpha value is -5.54. The highest BCUT2D eigenvalue weighted by molar-refractivity contribution is 6.06. The monoisotopic (exact) mass is 980 g/mol. The lowest BCUT2D eigenvalue weighted by atomic mass is 10.2. The summed E-state index contributed by atoms with van der Waals surface area (Å²) < 4.78 is 0. The Morgan fingerprint density at radius 1 is 0.357 bits per heavy atom. The summed E-state index contributed by atoms with van der Waals surface area (Å²) >= 11 is 0. The first-order valence-electron chi connectivity index (χ1n) is 25.3. The van der Waals surface area contributed by atoms with Crippen molar-refractivity contribution in [2.75, 3.05) is 163 Å². The highest BCUT2D eigenvalue weighted by Crippen LogP contribution is 2.18. The molecule has 16 heteroatoms. The maximum atomic E-state index is 11.5. The molecule has 1 amide bonds. The summed E-state index contributed by atoms with van der Waals surface area (Å²) in [5, 5.41) is 0. The number of nitrogens with zero attached hydrogens (tertiary/aromatic N) is 15. The third-order valence-corrected chi connectivity index (χ3v) is 9.61. The van der Waals surface area contributed by atoms with Gasteiger partial charge in [-0.2, -0.15) is 4.99 Å². The van der Waals surface area contributed by atoms with E-state index in [0.29, 0.717) is 12.4 Å². The van der Waals surface area contributed by atoms with Crippen LogP contribution in [0.5, 0.6) is 0 Å². The fourth-order valence-corrected chi connectivity index (χ4v) is 6.34. The van der Waals surface area contributed by atoms with E-state index in [1.807, 2.05) is 171 Å². The summed E-state index contributed by atoms with van der Waals surface area (Å²) in [6.07, 6.45) is 9.46. The number of unbranched alkanes of at least 4 members (excludes halogenated alkanes) is 4. The highest BCUT2D eigenvalue weighted by Gasteiger charge is 2.15. The normalized spacial score (nSPS) is 9.59. The van der Waals surface area contributed by atoms with E-state index in [0.717, 1.165) is 99.9 Å². The number of rotatable bonds is 15. The Balaban J connectivity index is -0.000000833. The molecule has 2 aromatic rings. The molecule has 0 aliphatic heterocycles. The van der Waals surface area contributed by atoms with Crippen molar-refractivity contribution < 1.29 is 4.79 Å². The zero-order valence-electron chi connectivity index (χ0n) is 49.1. The van der Waals surface area contributed by atoms with Gasteiger partial charge in [-0.15, -0.1) is 0 Å². The molecule has 0 saturated carbocycles. The number of guanidine groups is 5. The number of anilines is 2. The summed E-state index contributed by atoms with van der Waals surface area (Å²) in [5.41, 5.74) is 2.28. The van der Waals surface area contributed by atoms with Crippen LogP contribution in [0.25, 0.3) is 0 Å². The van der Waals surface area contributed by atoms with E-state index in [1.165, 1.54) is 12.8 Å². The molecule has 0 radical (unpaired) electrons. The second-order valence-corrected chi connectivity index (χ2v) is 18.2. The predicted molar refractivity (Wildman–Crippen MR) is 311 cm³/mol. The third-order valence-electron chi connectivity index (χ3n) is 9.61. The van der Waals surface area contributed by atoms with Crippen LogP contribution < -0.4 is 9.80 Å². The Bertz CT molecular complexity index is 1630. The molecule has 0 fully saturated rings. The molecule has 402 valence electrons. The lowest BCUT2D eigenvalue weighted by molar-refractivity contribution is -0.118. The van der Waals surface area contributed by atoms with Crippen molar-refractivity contribution in [3.8, 4) is 0 Å². The van der Waals surface area contributed by atoms with Gasteiger partial charge >= 0.3 is 0 Å². The summed E-state index contributed by atoms with van der Waals surface area (Å²) in [5.74, 6) is 4.74. The summed E-state index contributed by atoms with van der Waals surface area (Å²) in [6.45, 7) is 14.2. The molecule has 2 rings (SSSR count). The molecule has 0 atom stereocenters. The van der Waals surface area contributed by atoms with Gasteiger partial charge in [-0.25, -0.2) is 0 Å². The van der Waals surface area contributed by atoms with E-state index in [2.05, 4.69) is 120 Å². The molecule has 2 aromatic carbocycles. The first kappa shape index (κ1) is 68.7. The molecular weight excluding hydrogens is 875 g/mol. The Kier molecular flexibility index (Phi) is 41.6. The summed E-state index contributed by atoms with van der Waals surface area (Å²) in [7, 11) is 35.8. The van der Waals surface area contributed by atoms with Crippen molar-refractivity contribution in [3.63, 3.8) is 0 Å². The molecule has 0 bridgehead atoms. The fraction of sp³-hybridized carbons (Fsp3) is 0.667. The molecule has 0 unspecified atom stereocenters. The number of amides is 1. The van der Waals surface area contributed by atoms with Gasteiger partial charge in [-0.3, -0.25) is 24.8 Å². The topological polar surface area (TPSA) is 111 Å². The molecule has 0 N–H and O–H groups in total. The first-order valence-corrected chi connectivity index (χ1v) is 25.3. The highest BCUT2D eigenvalue weighted by atomic mass is 16.1. The second kappa shape index (κ2) is 42.3. The van der Waals surface area contributed by atoms with Gasteiger partial charge in [0.05, 0.1) is 0 Å². The minimum Gasteiger partial charge on any atom is -0.349 e. The average molecular weight is 981 g/mol. The van der Waals surface area contributed by atoms with Crippen LogP contribution in [0.15, 0.2) is 85.6 Å². The Morgan fingerprint density at radius 3 is 0.957 bits per heavy atom. The van der Waals surface area contributed by atoms with Gasteiger partial charge in [-0.1, -0.05) is 89.8 Å². The third kappa shape index (κ3) is 33.1. The van der Waals surface area contributed by atoms with Crippen molar-refractivity contribution in [2.24, 2.45) is 25.0 Å². The predicted octanol–water partition coefficient (Wildman–Crippen LogP) is 8.61. The van der Waals surface area contributed by atoms with Crippen LogP contribution in [0.4, 0.5) is 11.4 Å². The van der Waals surface area contributed by atoms with E-state index in [-0.39, 0.29) is 5.91 Å². The largest absolute Gasteiger partial charge is 0.349 e. The average Bonchev–Trinajstić information content (AvgIpc) is 3.30. The fourth-order valence-electron chi connectivity index (χ4n) is 6.34. The van der Waals surface area contributed by atoms with Gasteiger partial charge in [0.25, 0.3) is 0 Å². The zero-order valence-corrected chi connectivity index (χ0v) is 49.1. The van der Waals surface area contributed by atoms with E-state index < -0.39 is 0 Å². The SMILES string of the molecule is CCCCCC(=O)N=C(N(C)C)N(C)C.CCCCN=C(N(C)C)N(C)C.CCCCN=C(N(C)c1ccccc1)N(C)c1ccccc1.CCCN=C(N(C)C)N(C)C.CCN=C(N(C)C)N(C)C. The van der Waals surface area contributed by atoms with Crippen molar-refractivity contribution >= 4 is 47.1 Å². The van der Waals surface area contributed by atoms with Crippen LogP contribution in [0.3, 0.4) is 0 Å². The number of carbonyl (C=O) groups excluding carboxylic acids is 1. The molecule has 0 spiro atoms. The van der Waals surface area contributed by atoms with E-state index in [1.54, 1.807) is 0 Å². The molecule has 70 heavy (non-hydrogen) atoms. The van der Waals surface area contributed by atoms with Crippen LogP contribution in [0.1, 0.15) is 92.4 Å². The minimum absolute atomic E-state index is 0.0270. The van der Waals surface area contributed by atoms with Gasteiger partial charge in [0, 0.05) is 171 Å². The molecule has 0 saturated heterocycles. The summed E-state index contributed by atoms with van der Waals surface area (Å²) in [6, 6.07) is 20.7. The second-order valence-electron chi connectivity index (χ2n) is 18.2. The van der Waals surface area contributed by atoms with Gasteiger partial charge in [0.2, 0.25) is 17.8 Å². The quantitative estimate of drug-likeness (QED) is 0.0973. The number of hydrogen-bond acceptors (Lipinski definition) is 5. The van der Waals surface area contributed by atoms with Crippen LogP contribution in [-0.2, 0) is 4.79 Å². The van der Waals surface area contributed by atoms with E-state index in [4.69, 9.17) is 4.99 Å². The zero-order chi connectivity index (χ0) is 54.2. The maximum absolute atomic E-state index is 11.5. The van der Waals surface area contributed by atoms with E-state index >= 15 is 0 Å². The van der Waals surface area contributed by atoms with Crippen LogP contribution in [0, 0.1) is 0 Å². The molecule has 0 heterocycles. The van der Waals surface area contributed by atoms with Crippen LogP contribution >= 0.6 is 0 Å². The van der Waals surface area contributed by atoms with Gasteiger partial charge in [-0.05, 0) is 56.9 Å². The van der Waals surface area contributed by atoms with Gasteiger partial charge in [0.1, 0.15) is 0 Å². The van der Waals surface area contributed by atoms with Crippen molar-refractivity contribution in [1.82, 2.24) is 39.2 Å². The molecule has 0 aliphatic carbocycles. The minimum atomic E-state index is -0.0270. The Morgan fingerprint density at radius 2 is 0.671 bits per heavy atom. The molecular formula is C54H105N15O. The number of aliphatic imine (C=N–C) groups is 5. The van der Waals surface area contributed by atoms with Crippen molar-refractivity contribution in [1.29, 1.82) is 0 Å². The van der Waals surface area contributed by atoms with Gasteiger partial charge < -0.3 is 49.0 Å². The van der Waals surface area contributed by atoms with Crippen LogP contribution in [0.2, 0.25) is 0 Å². The number of benzene rings is 2. The standard InChI is InChI=1S/C19H25N3.C11H23N3O.C9H21N3.C8H19N3.C7H17N3/c1-4-5-16-20-19(21(2)17-12-8-6-9-13-17)22(3)18-14-10-7-11-15-18;1-6-7-8-9-10(15)12-11(13(2)3)14(4)5;1-6-7-8-10-9(11(2)3)12(4)5;1-6-7-9-8(10(2)3)11(4)5;1-6-8-7(9(2)3)10(4)5/h6-15H,4-5,16H2,1-3H3;6-9H2,1-5H3;6-8H2,1-5H3;6-7H2,1-5H3;6H2,1-5H3. The van der Waals surface area contributed by atoms with Crippen LogP contribution in [-0.4, -0.2) is 228 Å².